The lowest BCUT2D eigenvalue weighted by atomic mass is 9.72. The van der Waals surface area contributed by atoms with Gasteiger partial charge < -0.3 is 24.2 Å². The number of likely N-dealkylation sites (N-methyl/N-ethyl adjacent to an activating group) is 1. The van der Waals surface area contributed by atoms with Crippen LogP contribution in [-0.2, 0) is 6.54 Å². The molecule has 5 rings (SSSR count). The second-order valence-corrected chi connectivity index (χ2v) is 7.21. The molecule has 22 heavy (non-hydrogen) atoms. The first-order valence-corrected chi connectivity index (χ1v) is 7.90. The van der Waals surface area contributed by atoms with Crippen molar-refractivity contribution in [2.24, 2.45) is 0 Å². The predicted octanol–water partition coefficient (Wildman–Crippen LogP) is 0.893. The van der Waals surface area contributed by atoms with Crippen LogP contribution in [0.25, 0.3) is 0 Å². The van der Waals surface area contributed by atoms with Crippen molar-refractivity contribution in [1.29, 1.82) is 0 Å². The second-order valence-electron chi connectivity index (χ2n) is 7.21. The van der Waals surface area contributed by atoms with Gasteiger partial charge >= 0.3 is 0 Å². The number of rotatable bonds is 0. The van der Waals surface area contributed by atoms with Crippen LogP contribution in [0.2, 0.25) is 0 Å². The molecule has 5 atom stereocenters. The lowest BCUT2D eigenvalue weighted by molar-refractivity contribution is -0.935. The van der Waals surface area contributed by atoms with Gasteiger partial charge in [-0.2, -0.15) is 0 Å². The van der Waals surface area contributed by atoms with Crippen LogP contribution < -0.4 is 9.47 Å². The first kappa shape index (κ1) is 12.9. The summed E-state index contributed by atoms with van der Waals surface area (Å²) in [5, 5.41) is 20.9. The summed E-state index contributed by atoms with van der Waals surface area (Å²) < 4.78 is 11.9. The second kappa shape index (κ2) is 4.04. The monoisotopic (exact) mass is 302 g/mol. The van der Waals surface area contributed by atoms with E-state index < -0.39 is 12.2 Å². The number of aliphatic hydroxyl groups excluding tert-OH is 2. The summed E-state index contributed by atoms with van der Waals surface area (Å²) in [7, 11) is 2.26. The van der Waals surface area contributed by atoms with Gasteiger partial charge in [0.1, 0.15) is 12.6 Å². The molecular weight excluding hydrogens is 282 g/mol. The topological polar surface area (TPSA) is 58.9 Å². The molecule has 1 aromatic carbocycles. The smallest absolute Gasteiger partial charge is 0.231 e. The van der Waals surface area contributed by atoms with Crippen molar-refractivity contribution in [3.63, 3.8) is 0 Å². The number of quaternary nitrogens is 1. The number of nitrogens with zero attached hydrogens (tertiary/aromatic N) is 1. The van der Waals surface area contributed by atoms with Gasteiger partial charge in [-0.1, -0.05) is 0 Å². The Labute approximate surface area is 129 Å². The Morgan fingerprint density at radius 3 is 2.77 bits per heavy atom. The maximum atomic E-state index is 10.7. The highest BCUT2D eigenvalue weighted by molar-refractivity contribution is 5.52. The van der Waals surface area contributed by atoms with E-state index in [1.807, 2.05) is 12.1 Å². The molecule has 3 aliphatic heterocycles. The van der Waals surface area contributed by atoms with Crippen LogP contribution in [0.3, 0.4) is 0 Å². The Morgan fingerprint density at radius 2 is 1.95 bits per heavy atom. The highest BCUT2D eigenvalue weighted by Crippen LogP contribution is 2.52. The highest BCUT2D eigenvalue weighted by atomic mass is 16.7. The average Bonchev–Trinajstić information content (AvgIpc) is 3.06. The van der Waals surface area contributed by atoms with Gasteiger partial charge in [0, 0.05) is 12.0 Å². The number of aliphatic hydroxyl groups is 2. The van der Waals surface area contributed by atoms with E-state index in [0.717, 1.165) is 41.1 Å². The summed E-state index contributed by atoms with van der Waals surface area (Å²) in [5.74, 6) is 1.48. The Kier molecular flexibility index (Phi) is 2.38. The van der Waals surface area contributed by atoms with Gasteiger partial charge in [-0.05, 0) is 29.3 Å². The van der Waals surface area contributed by atoms with Crippen LogP contribution in [0, 0.1) is 0 Å². The van der Waals surface area contributed by atoms with E-state index in [-0.39, 0.29) is 18.8 Å². The summed E-state index contributed by atoms with van der Waals surface area (Å²) in [6, 6.07) is 4.35. The van der Waals surface area contributed by atoms with Gasteiger partial charge in [0.25, 0.3) is 0 Å². The molecule has 5 heteroatoms. The molecule has 0 saturated carbocycles. The first-order chi connectivity index (χ1) is 10.6. The fraction of sp³-hybridized carbons (Fsp3) is 0.529. The van der Waals surface area contributed by atoms with Gasteiger partial charge in [-0.3, -0.25) is 0 Å². The van der Waals surface area contributed by atoms with E-state index in [1.165, 1.54) is 11.1 Å². The van der Waals surface area contributed by atoms with Crippen molar-refractivity contribution in [2.75, 3.05) is 20.4 Å². The molecule has 1 saturated heterocycles. The lowest BCUT2D eigenvalue weighted by Gasteiger charge is -2.48. The van der Waals surface area contributed by atoms with E-state index in [4.69, 9.17) is 9.47 Å². The molecule has 0 unspecified atom stereocenters. The van der Waals surface area contributed by atoms with Crippen molar-refractivity contribution < 1.29 is 24.2 Å². The molecule has 0 radical (unpaired) electrons. The SMILES string of the molecule is C[N@@+]12CCC3=C[C@H](O)[C@@H](O)[C@@H](c4cc5c(cc4C1)OCO5)[C@@H]32. The third-order valence-electron chi connectivity index (χ3n) is 5.93. The zero-order chi connectivity index (χ0) is 15.1. The zero-order valence-electron chi connectivity index (χ0n) is 12.5. The Balaban J connectivity index is 1.73. The van der Waals surface area contributed by atoms with Crippen LogP contribution in [0.5, 0.6) is 11.5 Å². The van der Waals surface area contributed by atoms with Gasteiger partial charge in [-0.15, -0.1) is 0 Å². The zero-order valence-corrected chi connectivity index (χ0v) is 12.5. The molecule has 3 heterocycles. The fourth-order valence-corrected chi connectivity index (χ4v) is 4.96. The van der Waals surface area contributed by atoms with Gasteiger partial charge in [0.15, 0.2) is 11.5 Å². The highest BCUT2D eigenvalue weighted by Gasteiger charge is 2.56. The maximum Gasteiger partial charge on any atom is 0.231 e. The van der Waals surface area contributed by atoms with Gasteiger partial charge in [-0.25, -0.2) is 0 Å². The molecule has 2 N–H and O–H groups in total. The normalized spacial score (nSPS) is 41.0. The van der Waals surface area contributed by atoms with Crippen molar-refractivity contribution in [3.05, 3.63) is 34.9 Å². The van der Waals surface area contributed by atoms with E-state index in [1.54, 1.807) is 0 Å². The molecule has 4 aliphatic rings. The third kappa shape index (κ3) is 1.49. The largest absolute Gasteiger partial charge is 0.454 e. The average molecular weight is 302 g/mol. The lowest BCUT2D eigenvalue weighted by Crippen LogP contribution is -2.58. The van der Waals surface area contributed by atoms with Crippen molar-refractivity contribution in [3.8, 4) is 11.5 Å². The minimum absolute atomic E-state index is 0.0688. The molecule has 0 aromatic heterocycles. The van der Waals surface area contributed by atoms with E-state index >= 15 is 0 Å². The number of hydrogen-bond donors (Lipinski definition) is 2. The van der Waals surface area contributed by atoms with Crippen LogP contribution in [0.1, 0.15) is 23.5 Å². The number of hydrogen-bond acceptors (Lipinski definition) is 4. The minimum atomic E-state index is -0.779. The number of ether oxygens (including phenoxy) is 2. The van der Waals surface area contributed by atoms with Gasteiger partial charge in [0.2, 0.25) is 6.79 Å². The molecule has 1 fully saturated rings. The molecule has 0 amide bonds. The Morgan fingerprint density at radius 1 is 1.18 bits per heavy atom. The first-order valence-electron chi connectivity index (χ1n) is 7.90. The molecule has 0 spiro atoms. The Hall–Kier alpha value is -1.56. The molecule has 1 aliphatic carbocycles. The molecular formula is C17H20NO4+. The van der Waals surface area contributed by atoms with Gasteiger partial charge in [0.05, 0.1) is 31.7 Å². The number of fused-ring (bicyclic) bond motifs is 3. The third-order valence-corrected chi connectivity index (χ3v) is 5.93. The Bertz CT molecular complexity index is 700. The van der Waals surface area contributed by atoms with E-state index in [2.05, 4.69) is 13.1 Å². The van der Waals surface area contributed by atoms with Crippen LogP contribution in [-0.4, -0.2) is 53.3 Å². The van der Waals surface area contributed by atoms with Crippen LogP contribution in [0.4, 0.5) is 0 Å². The maximum absolute atomic E-state index is 10.7. The molecule has 0 bridgehead atoms. The summed E-state index contributed by atoms with van der Waals surface area (Å²) in [5.41, 5.74) is 3.62. The minimum Gasteiger partial charge on any atom is -0.454 e. The number of benzene rings is 1. The van der Waals surface area contributed by atoms with E-state index in [0.29, 0.717) is 0 Å². The quantitative estimate of drug-likeness (QED) is 0.552. The summed E-state index contributed by atoms with van der Waals surface area (Å²) in [6.07, 6.45) is 1.35. The molecule has 1 aromatic rings. The summed E-state index contributed by atoms with van der Waals surface area (Å²) in [6.45, 7) is 2.25. The van der Waals surface area contributed by atoms with Crippen LogP contribution >= 0.6 is 0 Å². The van der Waals surface area contributed by atoms with Crippen molar-refractivity contribution in [1.82, 2.24) is 0 Å². The van der Waals surface area contributed by atoms with Crippen molar-refractivity contribution in [2.45, 2.75) is 37.1 Å². The van der Waals surface area contributed by atoms with E-state index in [9.17, 15) is 10.2 Å². The predicted molar refractivity (Wildman–Crippen MR) is 78.6 cm³/mol. The summed E-state index contributed by atoms with van der Waals surface area (Å²) >= 11 is 0. The van der Waals surface area contributed by atoms with Crippen molar-refractivity contribution >= 4 is 0 Å². The summed E-state index contributed by atoms with van der Waals surface area (Å²) in [4.78, 5) is 0. The molecule has 5 nitrogen and oxygen atoms in total. The molecule has 116 valence electrons. The van der Waals surface area contributed by atoms with Crippen LogP contribution in [0.15, 0.2) is 23.8 Å². The fourth-order valence-electron chi connectivity index (χ4n) is 4.96. The standard InChI is InChI=1S/C17H20NO4/c1-18-3-2-9-4-12(19)17(20)15(16(9)18)11-6-14-13(21-8-22-14)5-10(11)7-18/h4-6,12,15-17,19-20H,2-3,7-8H2,1H3/q+1/t12-,15-,16+,17+,18+/m0/s1.